The number of hydrogen-bond donors (Lipinski definition) is 0. The number of benzene rings is 1. The van der Waals surface area contributed by atoms with Gasteiger partial charge in [-0.15, -0.1) is 0 Å². The molecule has 0 amide bonds. The van der Waals surface area contributed by atoms with E-state index in [0.717, 1.165) is 10.6 Å². The van der Waals surface area contributed by atoms with E-state index in [1.165, 1.54) is 5.56 Å². The minimum atomic E-state index is 0.809. The molecule has 0 aromatic heterocycles. The Bertz CT molecular complexity index is 383. The summed E-state index contributed by atoms with van der Waals surface area (Å²) in [6, 6.07) is 10.2. The average Bonchev–Trinajstić information content (AvgIpc) is 2.54. The van der Waals surface area contributed by atoms with Crippen LogP contribution in [0.3, 0.4) is 0 Å². The zero-order valence-electron chi connectivity index (χ0n) is 7.07. The minimum Gasteiger partial charge on any atom is -0.0837 e. The van der Waals surface area contributed by atoms with Gasteiger partial charge in [0.2, 0.25) is 0 Å². The molecule has 2 rings (SSSR count). The van der Waals surface area contributed by atoms with E-state index in [1.807, 2.05) is 36.4 Å². The molecule has 1 aliphatic rings. The fraction of sp³-hybridized carbons (Fsp3) is 0. The van der Waals surface area contributed by atoms with Crippen molar-refractivity contribution in [3.63, 3.8) is 0 Å². The zero-order valence-corrected chi connectivity index (χ0v) is 7.83. The highest BCUT2D eigenvalue weighted by Gasteiger charge is 2.01. The second kappa shape index (κ2) is 3.63. The molecule has 1 heteroatoms. The van der Waals surface area contributed by atoms with Crippen LogP contribution in [0.5, 0.6) is 0 Å². The van der Waals surface area contributed by atoms with Crippen LogP contribution in [-0.4, -0.2) is 0 Å². The first-order chi connectivity index (χ1) is 6.36. The molecule has 0 unspecified atom stereocenters. The van der Waals surface area contributed by atoms with Crippen LogP contribution in [0.1, 0.15) is 5.56 Å². The summed E-state index contributed by atoms with van der Waals surface area (Å²) >= 11 is 5.96. The first kappa shape index (κ1) is 8.33. The van der Waals surface area contributed by atoms with E-state index in [-0.39, 0.29) is 0 Å². The predicted molar refractivity (Wildman–Crippen MR) is 57.5 cm³/mol. The van der Waals surface area contributed by atoms with Gasteiger partial charge in [-0.2, -0.15) is 0 Å². The molecule has 1 aromatic carbocycles. The molecule has 1 aliphatic carbocycles. The molecule has 0 saturated heterocycles. The molecule has 0 atom stereocenters. The van der Waals surface area contributed by atoms with Crippen molar-refractivity contribution in [2.24, 2.45) is 0 Å². The van der Waals surface area contributed by atoms with Gasteiger partial charge in [-0.3, -0.25) is 0 Å². The third kappa shape index (κ3) is 1.90. The molecule has 0 spiro atoms. The van der Waals surface area contributed by atoms with Crippen LogP contribution in [0, 0.1) is 0 Å². The third-order valence-corrected chi connectivity index (χ3v) is 2.26. The number of rotatable bonds is 1. The second-order valence-electron chi connectivity index (χ2n) is 2.88. The highest BCUT2D eigenvalue weighted by molar-refractivity contribution is 6.33. The van der Waals surface area contributed by atoms with Crippen molar-refractivity contribution < 1.29 is 0 Å². The predicted octanol–water partition coefficient (Wildman–Crippen LogP) is 3.76. The van der Waals surface area contributed by atoms with Gasteiger partial charge in [0.15, 0.2) is 0 Å². The van der Waals surface area contributed by atoms with Gasteiger partial charge in [-0.05, 0) is 23.3 Å². The molecular formula is C12H9Cl. The molecule has 0 saturated carbocycles. The lowest BCUT2D eigenvalue weighted by Crippen LogP contribution is -1.75. The third-order valence-electron chi connectivity index (χ3n) is 1.92. The van der Waals surface area contributed by atoms with E-state index in [0.29, 0.717) is 0 Å². The van der Waals surface area contributed by atoms with Crippen LogP contribution in [0.25, 0.3) is 6.08 Å². The lowest BCUT2D eigenvalue weighted by atomic mass is 10.1. The van der Waals surface area contributed by atoms with Gasteiger partial charge in [0, 0.05) is 5.03 Å². The lowest BCUT2D eigenvalue weighted by Gasteiger charge is -1.96. The molecular weight excluding hydrogens is 180 g/mol. The van der Waals surface area contributed by atoms with E-state index in [2.05, 4.69) is 18.2 Å². The molecule has 1 aromatic rings. The van der Waals surface area contributed by atoms with E-state index in [4.69, 9.17) is 11.6 Å². The quantitative estimate of drug-likeness (QED) is 0.630. The Morgan fingerprint density at radius 1 is 1.08 bits per heavy atom. The Labute approximate surface area is 82.8 Å². The Hall–Kier alpha value is -1.27. The van der Waals surface area contributed by atoms with Gasteiger partial charge in [0.25, 0.3) is 0 Å². The molecule has 0 N–H and O–H groups in total. The standard InChI is InChI=1S/C12H9Cl/c13-12-8-4-7-11(12)9-10-5-2-1-3-6-10/h1-9H. The Morgan fingerprint density at radius 2 is 1.85 bits per heavy atom. The first-order valence-corrected chi connectivity index (χ1v) is 4.55. The summed E-state index contributed by atoms with van der Waals surface area (Å²) in [5.41, 5.74) is 2.25. The van der Waals surface area contributed by atoms with Gasteiger partial charge in [0.05, 0.1) is 0 Å². The highest BCUT2D eigenvalue weighted by atomic mass is 35.5. The van der Waals surface area contributed by atoms with Gasteiger partial charge < -0.3 is 0 Å². The normalized spacial score (nSPS) is 17.9. The number of hydrogen-bond acceptors (Lipinski definition) is 0. The summed E-state index contributed by atoms with van der Waals surface area (Å²) in [4.78, 5) is 0. The summed E-state index contributed by atoms with van der Waals surface area (Å²) in [5, 5.41) is 0.809. The summed E-state index contributed by atoms with van der Waals surface area (Å²) in [6.07, 6.45) is 7.94. The van der Waals surface area contributed by atoms with Crippen LogP contribution in [0.4, 0.5) is 0 Å². The van der Waals surface area contributed by atoms with Crippen LogP contribution in [0.2, 0.25) is 0 Å². The molecule has 0 heterocycles. The highest BCUT2D eigenvalue weighted by Crippen LogP contribution is 2.23. The monoisotopic (exact) mass is 188 g/mol. The molecule has 0 fully saturated rings. The van der Waals surface area contributed by atoms with Gasteiger partial charge in [-0.25, -0.2) is 0 Å². The minimum absolute atomic E-state index is 0.809. The van der Waals surface area contributed by atoms with E-state index < -0.39 is 0 Å². The fourth-order valence-corrected chi connectivity index (χ4v) is 1.45. The molecule has 0 bridgehead atoms. The van der Waals surface area contributed by atoms with Gasteiger partial charge >= 0.3 is 0 Å². The number of allylic oxidation sites excluding steroid dienone is 5. The van der Waals surface area contributed by atoms with Crippen LogP contribution < -0.4 is 0 Å². The first-order valence-electron chi connectivity index (χ1n) is 4.17. The maximum absolute atomic E-state index is 5.96. The number of halogens is 1. The van der Waals surface area contributed by atoms with E-state index in [1.54, 1.807) is 0 Å². The van der Waals surface area contributed by atoms with E-state index in [9.17, 15) is 0 Å². The van der Waals surface area contributed by atoms with Crippen molar-refractivity contribution in [3.05, 3.63) is 64.7 Å². The molecule has 0 radical (unpaired) electrons. The smallest absolute Gasteiger partial charge is 0.0478 e. The summed E-state index contributed by atoms with van der Waals surface area (Å²) in [5.74, 6) is 0. The summed E-state index contributed by atoms with van der Waals surface area (Å²) in [6.45, 7) is 0. The molecule has 13 heavy (non-hydrogen) atoms. The maximum Gasteiger partial charge on any atom is 0.0478 e. The van der Waals surface area contributed by atoms with Crippen molar-refractivity contribution >= 4 is 17.7 Å². The summed E-state index contributed by atoms with van der Waals surface area (Å²) < 4.78 is 0. The fourth-order valence-electron chi connectivity index (χ4n) is 1.26. The molecule has 0 aliphatic heterocycles. The van der Waals surface area contributed by atoms with Crippen molar-refractivity contribution in [1.29, 1.82) is 0 Å². The largest absolute Gasteiger partial charge is 0.0837 e. The van der Waals surface area contributed by atoms with Crippen molar-refractivity contribution in [3.8, 4) is 0 Å². The topological polar surface area (TPSA) is 0 Å². The van der Waals surface area contributed by atoms with Crippen molar-refractivity contribution in [2.45, 2.75) is 0 Å². The van der Waals surface area contributed by atoms with Crippen LogP contribution in [-0.2, 0) is 0 Å². The maximum atomic E-state index is 5.96. The Morgan fingerprint density at radius 3 is 2.46 bits per heavy atom. The average molecular weight is 189 g/mol. The Kier molecular flexibility index (Phi) is 2.33. The summed E-state index contributed by atoms with van der Waals surface area (Å²) in [7, 11) is 0. The zero-order chi connectivity index (χ0) is 9.10. The van der Waals surface area contributed by atoms with Gasteiger partial charge in [-0.1, -0.05) is 54.1 Å². The Balaban J connectivity index is 2.32. The van der Waals surface area contributed by atoms with Crippen LogP contribution in [0.15, 0.2) is 59.2 Å². The van der Waals surface area contributed by atoms with Crippen molar-refractivity contribution in [1.82, 2.24) is 0 Å². The van der Waals surface area contributed by atoms with Gasteiger partial charge in [0.1, 0.15) is 0 Å². The molecule has 64 valence electrons. The van der Waals surface area contributed by atoms with Crippen LogP contribution >= 0.6 is 11.6 Å². The molecule has 0 nitrogen and oxygen atoms in total. The lowest BCUT2D eigenvalue weighted by molar-refractivity contribution is 1.64. The second-order valence-corrected chi connectivity index (χ2v) is 3.29. The van der Waals surface area contributed by atoms with E-state index >= 15 is 0 Å². The van der Waals surface area contributed by atoms with Crippen molar-refractivity contribution in [2.75, 3.05) is 0 Å². The SMILES string of the molecule is ClC1=CC=CC1=Cc1ccccc1.